The van der Waals surface area contributed by atoms with Crippen LogP contribution in [0.15, 0.2) is 54.8 Å². The molecule has 0 saturated heterocycles. The number of nitriles is 1. The van der Waals surface area contributed by atoms with Crippen molar-refractivity contribution < 1.29 is 23.7 Å². The molecule has 0 amide bonds. The van der Waals surface area contributed by atoms with Crippen LogP contribution in [0.25, 0.3) is 5.57 Å². The zero-order valence-electron chi connectivity index (χ0n) is 18.1. The van der Waals surface area contributed by atoms with Crippen LogP contribution >= 0.6 is 0 Å². The third-order valence-corrected chi connectivity index (χ3v) is 4.33. The summed E-state index contributed by atoms with van der Waals surface area (Å²) in [7, 11) is 2.70. The van der Waals surface area contributed by atoms with Crippen LogP contribution in [0.5, 0.6) is 23.1 Å². The molecule has 0 unspecified atom stereocenters. The highest BCUT2D eigenvalue weighted by molar-refractivity contribution is 6.17. The van der Waals surface area contributed by atoms with Gasteiger partial charge in [-0.05, 0) is 38.1 Å². The first-order valence-corrected chi connectivity index (χ1v) is 9.58. The van der Waals surface area contributed by atoms with Crippen LogP contribution in [0.4, 0.5) is 0 Å². The van der Waals surface area contributed by atoms with Gasteiger partial charge in [-0.15, -0.1) is 0 Å². The number of esters is 1. The number of aromatic nitrogens is 2. The summed E-state index contributed by atoms with van der Waals surface area (Å²) in [6, 6.07) is 15.9. The molecule has 1 aromatic heterocycles. The molecule has 0 N–H and O–H groups in total. The second kappa shape index (κ2) is 10.1. The van der Waals surface area contributed by atoms with Gasteiger partial charge in [0.1, 0.15) is 34.7 Å². The van der Waals surface area contributed by atoms with Crippen molar-refractivity contribution >= 4 is 11.5 Å². The number of ether oxygens (including phenoxy) is 4. The minimum atomic E-state index is -0.613. The monoisotopic (exact) mass is 431 g/mol. The molecule has 1 heterocycles. The van der Waals surface area contributed by atoms with Gasteiger partial charge in [0.05, 0.1) is 37.3 Å². The Balaban J connectivity index is 1.99. The van der Waals surface area contributed by atoms with E-state index in [2.05, 4.69) is 16.0 Å². The van der Waals surface area contributed by atoms with Crippen LogP contribution in [0.3, 0.4) is 0 Å². The Bertz CT molecular complexity index is 1210. The number of aryl methyl sites for hydroxylation is 2. The second-order valence-electron chi connectivity index (χ2n) is 6.58. The molecule has 0 spiro atoms. The molecule has 0 aliphatic heterocycles. The number of nitrogens with zero attached hydrogens (tertiary/aromatic N) is 3. The van der Waals surface area contributed by atoms with E-state index in [9.17, 15) is 10.1 Å². The maximum atomic E-state index is 12.3. The number of methoxy groups -OCH3 is 2. The lowest BCUT2D eigenvalue weighted by molar-refractivity contribution is -0.133. The summed E-state index contributed by atoms with van der Waals surface area (Å²) in [6.45, 7) is 3.46. The van der Waals surface area contributed by atoms with Crippen molar-refractivity contribution in [1.82, 2.24) is 9.97 Å². The van der Waals surface area contributed by atoms with Crippen molar-refractivity contribution in [1.29, 1.82) is 5.26 Å². The lowest BCUT2D eigenvalue weighted by Gasteiger charge is -2.15. The van der Waals surface area contributed by atoms with Gasteiger partial charge in [0.15, 0.2) is 0 Å². The van der Waals surface area contributed by atoms with Crippen molar-refractivity contribution in [3.63, 3.8) is 0 Å². The molecule has 2 aromatic carbocycles. The molecule has 0 aliphatic carbocycles. The Morgan fingerprint density at radius 2 is 1.72 bits per heavy atom. The number of hydrogen-bond donors (Lipinski definition) is 0. The Labute approximate surface area is 185 Å². The minimum Gasteiger partial charge on any atom is -0.503 e. The summed E-state index contributed by atoms with van der Waals surface area (Å²) >= 11 is 0. The Hall–Kier alpha value is -4.38. The van der Waals surface area contributed by atoms with Crippen molar-refractivity contribution in [3.8, 4) is 29.2 Å². The molecule has 0 atom stereocenters. The third-order valence-electron chi connectivity index (χ3n) is 4.33. The number of para-hydroxylation sites is 1. The Morgan fingerprint density at radius 1 is 1.00 bits per heavy atom. The normalized spacial score (nSPS) is 10.8. The van der Waals surface area contributed by atoms with Gasteiger partial charge in [0.2, 0.25) is 5.88 Å². The molecule has 0 fully saturated rings. The van der Waals surface area contributed by atoms with E-state index in [-0.39, 0.29) is 11.5 Å². The molecule has 0 aliphatic rings. The first-order chi connectivity index (χ1) is 15.5. The fraction of sp³-hybridized carbons (Fsp3) is 0.167. The highest BCUT2D eigenvalue weighted by Crippen LogP contribution is 2.34. The van der Waals surface area contributed by atoms with E-state index in [1.54, 1.807) is 62.4 Å². The van der Waals surface area contributed by atoms with Gasteiger partial charge in [0.25, 0.3) is 0 Å². The molecule has 0 saturated carbocycles. The van der Waals surface area contributed by atoms with Gasteiger partial charge >= 0.3 is 5.97 Å². The summed E-state index contributed by atoms with van der Waals surface area (Å²) in [5.41, 5.74) is 1.41. The molecule has 3 aromatic rings. The highest BCUT2D eigenvalue weighted by Gasteiger charge is 2.23. The molecule has 8 nitrogen and oxygen atoms in total. The number of benzene rings is 2. The summed E-state index contributed by atoms with van der Waals surface area (Å²) in [5, 5.41) is 9.27. The molecule has 32 heavy (non-hydrogen) atoms. The molecule has 162 valence electrons. The van der Waals surface area contributed by atoms with E-state index < -0.39 is 5.97 Å². The van der Waals surface area contributed by atoms with E-state index in [0.29, 0.717) is 39.9 Å². The molecular formula is C24H21N3O5. The van der Waals surface area contributed by atoms with Gasteiger partial charge in [-0.3, -0.25) is 0 Å². The summed E-state index contributed by atoms with van der Waals surface area (Å²) in [4.78, 5) is 21.0. The topological polar surface area (TPSA) is 104 Å². The highest BCUT2D eigenvalue weighted by atomic mass is 16.5. The quantitative estimate of drug-likeness (QED) is 0.301. The molecule has 0 radical (unpaired) electrons. The fourth-order valence-electron chi connectivity index (χ4n) is 2.99. The maximum Gasteiger partial charge on any atom is 0.341 e. The first-order valence-electron chi connectivity index (χ1n) is 9.58. The van der Waals surface area contributed by atoms with E-state index in [0.717, 1.165) is 0 Å². The lowest BCUT2D eigenvalue weighted by Crippen LogP contribution is -2.10. The van der Waals surface area contributed by atoms with Gasteiger partial charge in [0, 0.05) is 6.07 Å². The molecule has 8 heteroatoms. The Morgan fingerprint density at radius 3 is 2.41 bits per heavy atom. The van der Waals surface area contributed by atoms with Crippen LogP contribution in [-0.4, -0.2) is 30.2 Å². The van der Waals surface area contributed by atoms with Crippen LogP contribution in [0.2, 0.25) is 0 Å². The average Bonchev–Trinajstić information content (AvgIpc) is 2.78. The van der Waals surface area contributed by atoms with E-state index in [1.807, 2.05) is 0 Å². The lowest BCUT2D eigenvalue weighted by atomic mass is 10.1. The van der Waals surface area contributed by atoms with E-state index in [4.69, 9.17) is 18.9 Å². The maximum absolute atomic E-state index is 12.3. The largest absolute Gasteiger partial charge is 0.503 e. The molecule has 0 bridgehead atoms. The SMILES string of the molecule is CO/C=C(\C(=O)OC)c1c(C)nc(C)nc1Oc1cccc(Oc2ccccc2C#N)c1. The average molecular weight is 431 g/mol. The standard InChI is InChI=1S/C24H21N3O5/c1-15-22(20(14-29-3)24(28)30-4)23(27-16(2)26-15)32-19-10-7-9-18(12-19)31-21-11-6-5-8-17(21)13-25/h5-12,14H,1-4H3/b20-14-. The smallest absolute Gasteiger partial charge is 0.341 e. The molecular weight excluding hydrogens is 410 g/mol. The van der Waals surface area contributed by atoms with Gasteiger partial charge in [-0.25, -0.2) is 9.78 Å². The summed E-state index contributed by atoms with van der Waals surface area (Å²) in [5.74, 6) is 1.33. The summed E-state index contributed by atoms with van der Waals surface area (Å²) < 4.78 is 21.8. The van der Waals surface area contributed by atoms with E-state index in [1.165, 1.54) is 20.5 Å². The van der Waals surface area contributed by atoms with E-state index >= 15 is 0 Å². The first kappa shape index (κ1) is 22.3. The minimum absolute atomic E-state index is 0.123. The number of hydrogen-bond acceptors (Lipinski definition) is 8. The predicted molar refractivity (Wildman–Crippen MR) is 116 cm³/mol. The van der Waals surface area contributed by atoms with Crippen LogP contribution in [-0.2, 0) is 14.3 Å². The second-order valence-corrected chi connectivity index (χ2v) is 6.58. The Kier molecular flexibility index (Phi) is 7.03. The third kappa shape index (κ3) is 5.02. The zero-order chi connectivity index (χ0) is 23.1. The van der Waals surface area contributed by atoms with Crippen molar-refractivity contribution in [2.24, 2.45) is 0 Å². The predicted octanol–water partition coefficient (Wildman–Crippen LogP) is 4.71. The zero-order valence-corrected chi connectivity index (χ0v) is 18.1. The van der Waals surface area contributed by atoms with Crippen molar-refractivity contribution in [3.05, 3.63) is 77.4 Å². The number of carbonyl (C=O) groups excluding carboxylic acids is 1. The van der Waals surface area contributed by atoms with Crippen LogP contribution in [0, 0.1) is 25.2 Å². The fourth-order valence-corrected chi connectivity index (χ4v) is 2.99. The number of rotatable bonds is 7. The number of carbonyl (C=O) groups is 1. The van der Waals surface area contributed by atoms with Gasteiger partial charge in [-0.1, -0.05) is 18.2 Å². The van der Waals surface area contributed by atoms with Crippen LogP contribution in [0.1, 0.15) is 22.6 Å². The van der Waals surface area contributed by atoms with Crippen molar-refractivity contribution in [2.45, 2.75) is 13.8 Å². The molecule has 3 rings (SSSR count). The van der Waals surface area contributed by atoms with Gasteiger partial charge in [-0.2, -0.15) is 10.2 Å². The summed E-state index contributed by atoms with van der Waals surface area (Å²) in [6.07, 6.45) is 1.26. The van der Waals surface area contributed by atoms with Gasteiger partial charge < -0.3 is 18.9 Å². The van der Waals surface area contributed by atoms with Crippen molar-refractivity contribution in [2.75, 3.05) is 14.2 Å². The van der Waals surface area contributed by atoms with Crippen LogP contribution < -0.4 is 9.47 Å².